The number of benzene rings is 3. The summed E-state index contributed by atoms with van der Waals surface area (Å²) >= 11 is 0. The highest BCUT2D eigenvalue weighted by Gasteiger charge is 2.21. The number of aryl methyl sites for hydroxylation is 4. The summed E-state index contributed by atoms with van der Waals surface area (Å²) in [5, 5.41) is 0. The van der Waals surface area contributed by atoms with E-state index in [4.69, 9.17) is 4.74 Å². The van der Waals surface area contributed by atoms with Crippen LogP contribution in [0.15, 0.2) is 70.4 Å². The third-order valence-electron chi connectivity index (χ3n) is 5.21. The van der Waals surface area contributed by atoms with E-state index in [9.17, 15) is 13.2 Å². The first kappa shape index (κ1) is 20.7. The molecule has 0 amide bonds. The molecule has 1 heterocycles. The maximum absolute atomic E-state index is 13.2. The average Bonchev–Trinajstić information content (AvgIpc) is 2.92. The summed E-state index contributed by atoms with van der Waals surface area (Å²) in [6.07, 6.45) is 0. The van der Waals surface area contributed by atoms with E-state index in [-0.39, 0.29) is 16.3 Å². The number of sulfonamides is 1. The van der Waals surface area contributed by atoms with E-state index >= 15 is 0 Å². The monoisotopic (exact) mass is 437 g/mol. The minimum atomic E-state index is -3.88. The lowest BCUT2D eigenvalue weighted by Gasteiger charge is -2.15. The zero-order chi connectivity index (χ0) is 22.3. The van der Waals surface area contributed by atoms with Crippen LogP contribution in [0, 0.1) is 13.8 Å². The van der Waals surface area contributed by atoms with Crippen molar-refractivity contribution < 1.29 is 13.2 Å². The normalized spacial score (nSPS) is 11.6. The standard InChI is InChI=1S/C23H23N3O4S/c1-15-10-11-22(16(2)12-15)31(28,29)24-18-13-19-20(26(4)23(27)25(19)3)14-21(18)30-17-8-6-5-7-9-17/h5-14,24H,1-4H3. The van der Waals surface area contributed by atoms with Crippen LogP contribution in [0.3, 0.4) is 0 Å². The van der Waals surface area contributed by atoms with Crippen LogP contribution in [0.5, 0.6) is 11.5 Å². The topological polar surface area (TPSA) is 82.3 Å². The Kier molecular flexibility index (Phi) is 5.10. The van der Waals surface area contributed by atoms with Crippen molar-refractivity contribution in [3.63, 3.8) is 0 Å². The molecule has 0 aliphatic heterocycles. The number of imidazole rings is 1. The summed E-state index contributed by atoms with van der Waals surface area (Å²) in [6, 6.07) is 17.5. The van der Waals surface area contributed by atoms with Crippen molar-refractivity contribution in [2.45, 2.75) is 18.7 Å². The molecule has 8 heteroatoms. The van der Waals surface area contributed by atoms with Crippen molar-refractivity contribution in [2.75, 3.05) is 4.72 Å². The van der Waals surface area contributed by atoms with Crippen molar-refractivity contribution in [1.29, 1.82) is 0 Å². The Morgan fingerprint density at radius 1 is 0.871 bits per heavy atom. The van der Waals surface area contributed by atoms with Crippen molar-refractivity contribution in [3.8, 4) is 11.5 Å². The lowest BCUT2D eigenvalue weighted by atomic mass is 10.2. The minimum absolute atomic E-state index is 0.186. The smallest absolute Gasteiger partial charge is 0.328 e. The molecule has 1 aromatic heterocycles. The van der Waals surface area contributed by atoms with Crippen LogP contribution in [0.1, 0.15) is 11.1 Å². The molecule has 0 bridgehead atoms. The molecule has 3 aromatic carbocycles. The van der Waals surface area contributed by atoms with Gasteiger partial charge in [-0.2, -0.15) is 0 Å². The van der Waals surface area contributed by atoms with Gasteiger partial charge in [0, 0.05) is 20.2 Å². The van der Waals surface area contributed by atoms with Gasteiger partial charge in [0.15, 0.2) is 5.75 Å². The average molecular weight is 438 g/mol. The van der Waals surface area contributed by atoms with Gasteiger partial charge in [0.1, 0.15) is 5.75 Å². The number of para-hydroxylation sites is 1. The molecule has 0 radical (unpaired) electrons. The number of hydrogen-bond acceptors (Lipinski definition) is 4. The van der Waals surface area contributed by atoms with Gasteiger partial charge >= 0.3 is 5.69 Å². The summed E-state index contributed by atoms with van der Waals surface area (Å²) in [5.41, 5.74) is 2.88. The number of anilines is 1. The maximum Gasteiger partial charge on any atom is 0.328 e. The first-order valence-corrected chi connectivity index (χ1v) is 11.2. The van der Waals surface area contributed by atoms with Crippen molar-refractivity contribution >= 4 is 26.7 Å². The third kappa shape index (κ3) is 3.82. The van der Waals surface area contributed by atoms with E-state index in [2.05, 4.69) is 4.72 Å². The minimum Gasteiger partial charge on any atom is -0.455 e. The SMILES string of the molecule is Cc1ccc(S(=O)(=O)Nc2cc3c(cc2Oc2ccccc2)n(C)c(=O)n3C)c(C)c1. The lowest BCUT2D eigenvalue weighted by molar-refractivity contribution is 0.485. The number of hydrogen-bond donors (Lipinski definition) is 1. The van der Waals surface area contributed by atoms with Crippen molar-refractivity contribution in [1.82, 2.24) is 9.13 Å². The van der Waals surface area contributed by atoms with E-state index in [1.807, 2.05) is 31.2 Å². The van der Waals surface area contributed by atoms with Crippen LogP contribution in [0.25, 0.3) is 11.0 Å². The molecule has 0 spiro atoms. The van der Waals surface area contributed by atoms with Crippen LogP contribution in [-0.2, 0) is 24.1 Å². The largest absolute Gasteiger partial charge is 0.455 e. The molecule has 1 N–H and O–H groups in total. The number of nitrogens with one attached hydrogen (secondary N) is 1. The van der Waals surface area contributed by atoms with Gasteiger partial charge in [0.25, 0.3) is 10.0 Å². The van der Waals surface area contributed by atoms with Crippen LogP contribution < -0.4 is 15.1 Å². The van der Waals surface area contributed by atoms with Gasteiger partial charge in [-0.05, 0) is 43.7 Å². The summed E-state index contributed by atoms with van der Waals surface area (Å²) < 4.78 is 38.0. The number of fused-ring (bicyclic) bond motifs is 1. The molecular weight excluding hydrogens is 414 g/mol. The predicted octanol–water partition coefficient (Wildman–Crippen LogP) is 4.09. The fraction of sp³-hybridized carbons (Fsp3) is 0.174. The van der Waals surface area contributed by atoms with Gasteiger partial charge < -0.3 is 4.74 Å². The number of ether oxygens (including phenoxy) is 1. The Morgan fingerprint density at radius 2 is 1.52 bits per heavy atom. The van der Waals surface area contributed by atoms with E-state index in [1.54, 1.807) is 57.4 Å². The highest BCUT2D eigenvalue weighted by atomic mass is 32.2. The fourth-order valence-electron chi connectivity index (χ4n) is 3.61. The second-order valence-electron chi connectivity index (χ2n) is 7.53. The van der Waals surface area contributed by atoms with Gasteiger partial charge in [-0.25, -0.2) is 13.2 Å². The predicted molar refractivity (Wildman–Crippen MR) is 121 cm³/mol. The zero-order valence-corrected chi connectivity index (χ0v) is 18.5. The van der Waals surface area contributed by atoms with Gasteiger partial charge in [0.2, 0.25) is 0 Å². The molecule has 0 atom stereocenters. The van der Waals surface area contributed by atoms with Gasteiger partial charge in [-0.15, -0.1) is 0 Å². The van der Waals surface area contributed by atoms with Crippen LogP contribution >= 0.6 is 0 Å². The van der Waals surface area contributed by atoms with Crippen molar-refractivity contribution in [2.24, 2.45) is 14.1 Å². The molecule has 4 rings (SSSR count). The van der Waals surface area contributed by atoms with Crippen LogP contribution in [0.2, 0.25) is 0 Å². The molecule has 0 aliphatic carbocycles. The first-order chi connectivity index (χ1) is 14.7. The van der Waals surface area contributed by atoms with E-state index in [1.165, 1.54) is 9.13 Å². The Hall–Kier alpha value is -3.52. The summed E-state index contributed by atoms with van der Waals surface area (Å²) in [4.78, 5) is 12.6. The number of aromatic nitrogens is 2. The van der Waals surface area contributed by atoms with Crippen LogP contribution in [-0.4, -0.2) is 17.6 Å². The molecule has 160 valence electrons. The molecular formula is C23H23N3O4S. The third-order valence-corrected chi connectivity index (χ3v) is 6.73. The summed E-state index contributed by atoms with van der Waals surface area (Å²) in [5.74, 6) is 0.850. The molecule has 0 fully saturated rings. The van der Waals surface area contributed by atoms with E-state index in [0.29, 0.717) is 28.1 Å². The van der Waals surface area contributed by atoms with Gasteiger partial charge in [-0.3, -0.25) is 13.9 Å². The van der Waals surface area contributed by atoms with E-state index in [0.717, 1.165) is 5.56 Å². The molecule has 31 heavy (non-hydrogen) atoms. The Balaban J connectivity index is 1.87. The summed E-state index contributed by atoms with van der Waals surface area (Å²) in [6.45, 7) is 3.67. The summed E-state index contributed by atoms with van der Waals surface area (Å²) in [7, 11) is -0.578. The highest BCUT2D eigenvalue weighted by Crippen LogP contribution is 2.35. The van der Waals surface area contributed by atoms with Gasteiger partial charge in [-0.1, -0.05) is 35.9 Å². The van der Waals surface area contributed by atoms with Crippen LogP contribution in [0.4, 0.5) is 5.69 Å². The second kappa shape index (κ2) is 7.63. The number of nitrogens with zero attached hydrogens (tertiary/aromatic N) is 2. The van der Waals surface area contributed by atoms with Gasteiger partial charge in [0.05, 0.1) is 21.6 Å². The fourth-order valence-corrected chi connectivity index (χ4v) is 4.90. The molecule has 0 saturated heterocycles. The van der Waals surface area contributed by atoms with E-state index < -0.39 is 10.0 Å². The molecule has 4 aromatic rings. The molecule has 0 aliphatic rings. The Labute approximate surface area is 180 Å². The number of rotatable bonds is 5. The first-order valence-electron chi connectivity index (χ1n) is 9.70. The highest BCUT2D eigenvalue weighted by molar-refractivity contribution is 7.92. The molecule has 7 nitrogen and oxygen atoms in total. The Bertz CT molecular complexity index is 1450. The molecule has 0 saturated carbocycles. The lowest BCUT2D eigenvalue weighted by Crippen LogP contribution is -2.19. The molecule has 0 unspecified atom stereocenters. The maximum atomic E-state index is 13.2. The van der Waals surface area contributed by atoms with Crippen molar-refractivity contribution in [3.05, 3.63) is 82.3 Å². The Morgan fingerprint density at radius 3 is 2.16 bits per heavy atom. The second-order valence-corrected chi connectivity index (χ2v) is 9.18. The zero-order valence-electron chi connectivity index (χ0n) is 17.7. The quantitative estimate of drug-likeness (QED) is 0.510.